The fourth-order valence-corrected chi connectivity index (χ4v) is 2.67. The summed E-state index contributed by atoms with van der Waals surface area (Å²) in [7, 11) is 0. The van der Waals surface area contributed by atoms with Crippen molar-refractivity contribution in [3.63, 3.8) is 0 Å². The second kappa shape index (κ2) is 2.61. The average molecular weight is 198 g/mol. The van der Waals surface area contributed by atoms with Crippen molar-refractivity contribution in [3.05, 3.63) is 47.5 Å². The molecule has 0 radical (unpaired) electrons. The van der Waals surface area contributed by atoms with E-state index in [0.717, 1.165) is 5.56 Å². The number of rotatable bonds is 0. The maximum Gasteiger partial charge on any atom is 0.0887 e. The van der Waals surface area contributed by atoms with Crippen LogP contribution in [0.1, 0.15) is 31.1 Å². The molecule has 0 saturated carbocycles. The Hall–Kier alpha value is -1.34. The quantitative estimate of drug-likeness (QED) is 0.689. The van der Waals surface area contributed by atoms with Crippen molar-refractivity contribution in [1.29, 1.82) is 0 Å². The number of hydrogen-bond donors (Lipinski definition) is 1. The molecule has 1 aliphatic rings. The van der Waals surface area contributed by atoms with E-state index in [2.05, 4.69) is 38.1 Å². The third kappa shape index (κ3) is 0.963. The van der Waals surface area contributed by atoms with Gasteiger partial charge in [-0.2, -0.15) is 0 Å². The zero-order valence-electron chi connectivity index (χ0n) is 8.99. The van der Waals surface area contributed by atoms with Gasteiger partial charge in [-0.05, 0) is 21.9 Å². The van der Waals surface area contributed by atoms with Gasteiger partial charge in [-0.1, -0.05) is 50.2 Å². The zero-order chi connectivity index (χ0) is 10.6. The van der Waals surface area contributed by atoms with Crippen LogP contribution in [0, 0.1) is 0 Å². The van der Waals surface area contributed by atoms with E-state index in [1.807, 2.05) is 12.1 Å². The molecule has 0 heterocycles. The summed E-state index contributed by atoms with van der Waals surface area (Å²) in [5.74, 6) is 0. The molecule has 1 aliphatic carbocycles. The second-order valence-corrected chi connectivity index (χ2v) is 4.88. The average Bonchev–Trinajstić information content (AvgIpc) is 2.43. The van der Waals surface area contributed by atoms with Crippen LogP contribution in [0.15, 0.2) is 36.4 Å². The SMILES string of the molecule is CC1(C)c2cccc3cccc(c23)[C@@H]1O. The molecule has 15 heavy (non-hydrogen) atoms. The Morgan fingerprint density at radius 3 is 2.47 bits per heavy atom. The molecule has 2 aromatic carbocycles. The molecule has 1 heteroatoms. The van der Waals surface area contributed by atoms with Crippen LogP contribution in [0.2, 0.25) is 0 Å². The van der Waals surface area contributed by atoms with E-state index in [1.54, 1.807) is 0 Å². The van der Waals surface area contributed by atoms with Crippen molar-refractivity contribution in [2.45, 2.75) is 25.4 Å². The molecule has 1 N–H and O–H groups in total. The van der Waals surface area contributed by atoms with E-state index in [0.29, 0.717) is 0 Å². The van der Waals surface area contributed by atoms with Crippen molar-refractivity contribution in [2.75, 3.05) is 0 Å². The lowest BCUT2D eigenvalue weighted by Crippen LogP contribution is -2.21. The van der Waals surface area contributed by atoms with Gasteiger partial charge in [-0.15, -0.1) is 0 Å². The molecule has 0 aromatic heterocycles. The largest absolute Gasteiger partial charge is 0.387 e. The lowest BCUT2D eigenvalue weighted by atomic mass is 9.83. The highest BCUT2D eigenvalue weighted by Gasteiger charge is 2.39. The minimum atomic E-state index is -0.376. The maximum atomic E-state index is 10.3. The third-order valence-electron chi connectivity index (χ3n) is 3.61. The molecule has 0 amide bonds. The highest BCUT2D eigenvalue weighted by atomic mass is 16.3. The first-order chi connectivity index (χ1) is 7.12. The van der Waals surface area contributed by atoms with Gasteiger partial charge in [0.15, 0.2) is 0 Å². The Labute approximate surface area is 89.4 Å². The topological polar surface area (TPSA) is 20.2 Å². The van der Waals surface area contributed by atoms with Crippen LogP contribution in [-0.2, 0) is 5.41 Å². The molecule has 76 valence electrons. The number of aliphatic hydroxyl groups is 1. The Morgan fingerprint density at radius 1 is 1.07 bits per heavy atom. The van der Waals surface area contributed by atoms with Gasteiger partial charge in [0, 0.05) is 5.41 Å². The summed E-state index contributed by atoms with van der Waals surface area (Å²) in [5, 5.41) is 12.8. The molecular formula is C14H14O. The first-order valence-electron chi connectivity index (χ1n) is 5.32. The van der Waals surface area contributed by atoms with E-state index < -0.39 is 0 Å². The van der Waals surface area contributed by atoms with Gasteiger partial charge < -0.3 is 5.11 Å². The molecule has 0 saturated heterocycles. The van der Waals surface area contributed by atoms with Crippen LogP contribution < -0.4 is 0 Å². The summed E-state index contributed by atoms with van der Waals surface area (Å²) < 4.78 is 0. The molecular weight excluding hydrogens is 184 g/mol. The van der Waals surface area contributed by atoms with Gasteiger partial charge >= 0.3 is 0 Å². The van der Waals surface area contributed by atoms with E-state index >= 15 is 0 Å². The molecule has 2 aromatic rings. The lowest BCUT2D eigenvalue weighted by Gasteiger charge is -2.24. The van der Waals surface area contributed by atoms with E-state index in [-0.39, 0.29) is 11.5 Å². The lowest BCUT2D eigenvalue weighted by molar-refractivity contribution is 0.109. The molecule has 0 unspecified atom stereocenters. The Kier molecular flexibility index (Phi) is 1.56. The van der Waals surface area contributed by atoms with Crippen LogP contribution in [0.4, 0.5) is 0 Å². The summed E-state index contributed by atoms with van der Waals surface area (Å²) in [6.45, 7) is 4.21. The van der Waals surface area contributed by atoms with Gasteiger partial charge in [0.25, 0.3) is 0 Å². The van der Waals surface area contributed by atoms with Crippen molar-refractivity contribution in [1.82, 2.24) is 0 Å². The fraction of sp³-hybridized carbons (Fsp3) is 0.286. The van der Waals surface area contributed by atoms with E-state index in [1.165, 1.54) is 16.3 Å². The molecule has 0 fully saturated rings. The monoisotopic (exact) mass is 198 g/mol. The smallest absolute Gasteiger partial charge is 0.0887 e. The minimum absolute atomic E-state index is 0.163. The number of aliphatic hydroxyl groups excluding tert-OH is 1. The van der Waals surface area contributed by atoms with Crippen molar-refractivity contribution < 1.29 is 5.11 Å². The standard InChI is InChI=1S/C14H14O/c1-14(2)11-8-4-6-9-5-3-7-10(12(9)11)13(14)15/h3-8,13,15H,1-2H3/t13-/m0/s1. The highest BCUT2D eigenvalue weighted by Crippen LogP contribution is 2.48. The maximum absolute atomic E-state index is 10.3. The summed E-state index contributed by atoms with van der Waals surface area (Å²) in [4.78, 5) is 0. The first kappa shape index (κ1) is 8.93. The van der Waals surface area contributed by atoms with Crippen molar-refractivity contribution >= 4 is 10.8 Å². The number of hydrogen-bond acceptors (Lipinski definition) is 1. The van der Waals surface area contributed by atoms with Gasteiger partial charge in [-0.3, -0.25) is 0 Å². The van der Waals surface area contributed by atoms with Gasteiger partial charge in [0.1, 0.15) is 0 Å². The molecule has 1 atom stereocenters. The predicted octanol–water partition coefficient (Wildman–Crippen LogP) is 3.16. The van der Waals surface area contributed by atoms with Crippen LogP contribution >= 0.6 is 0 Å². The molecule has 0 aliphatic heterocycles. The molecule has 0 spiro atoms. The van der Waals surface area contributed by atoms with E-state index in [4.69, 9.17) is 0 Å². The molecule has 3 rings (SSSR count). The summed E-state index contributed by atoms with van der Waals surface area (Å²) >= 11 is 0. The van der Waals surface area contributed by atoms with Crippen molar-refractivity contribution in [3.8, 4) is 0 Å². The Bertz CT molecular complexity index is 535. The third-order valence-corrected chi connectivity index (χ3v) is 3.61. The second-order valence-electron chi connectivity index (χ2n) is 4.88. The Morgan fingerprint density at radius 2 is 1.73 bits per heavy atom. The van der Waals surface area contributed by atoms with E-state index in [9.17, 15) is 5.11 Å². The van der Waals surface area contributed by atoms with Crippen LogP contribution in [0.25, 0.3) is 10.8 Å². The highest BCUT2D eigenvalue weighted by molar-refractivity contribution is 5.92. The van der Waals surface area contributed by atoms with Crippen molar-refractivity contribution in [2.24, 2.45) is 0 Å². The number of benzene rings is 2. The molecule has 1 nitrogen and oxygen atoms in total. The normalized spacial score (nSPS) is 22.2. The van der Waals surface area contributed by atoms with Crippen LogP contribution in [0.5, 0.6) is 0 Å². The summed E-state index contributed by atoms with van der Waals surface area (Å²) in [6, 6.07) is 12.5. The summed E-state index contributed by atoms with van der Waals surface area (Å²) in [5.41, 5.74) is 2.18. The zero-order valence-corrected chi connectivity index (χ0v) is 8.99. The van der Waals surface area contributed by atoms with Gasteiger partial charge in [0.2, 0.25) is 0 Å². The Balaban J connectivity index is 2.51. The van der Waals surface area contributed by atoms with Crippen LogP contribution in [-0.4, -0.2) is 5.11 Å². The van der Waals surface area contributed by atoms with Crippen LogP contribution in [0.3, 0.4) is 0 Å². The van der Waals surface area contributed by atoms with Gasteiger partial charge in [-0.25, -0.2) is 0 Å². The molecule has 0 bridgehead atoms. The summed E-state index contributed by atoms with van der Waals surface area (Å²) in [6.07, 6.45) is -0.376. The predicted molar refractivity (Wildman–Crippen MR) is 61.9 cm³/mol. The minimum Gasteiger partial charge on any atom is -0.387 e. The fourth-order valence-electron chi connectivity index (χ4n) is 2.67. The first-order valence-corrected chi connectivity index (χ1v) is 5.32. The van der Waals surface area contributed by atoms with Gasteiger partial charge in [0.05, 0.1) is 6.10 Å².